The quantitative estimate of drug-likeness (QED) is 0.710. The molecule has 0 aromatic carbocycles. The van der Waals surface area contributed by atoms with Crippen LogP contribution in [-0.4, -0.2) is 18.1 Å². The molecule has 0 atom stereocenters. The monoisotopic (exact) mass is 166 g/mol. The fraction of sp³-hybridized carbons (Fsp3) is 0.500. The van der Waals surface area contributed by atoms with Gasteiger partial charge in [0, 0.05) is 13.0 Å². The Bertz CT molecular complexity index is 302. The van der Waals surface area contributed by atoms with E-state index in [1.807, 2.05) is 0 Å². The first kappa shape index (κ1) is 7.34. The molecule has 64 valence electrons. The molecule has 1 amide bonds. The van der Waals surface area contributed by atoms with Crippen LogP contribution >= 0.6 is 0 Å². The lowest BCUT2D eigenvalue weighted by Crippen LogP contribution is -2.18. The van der Waals surface area contributed by atoms with Crippen molar-refractivity contribution in [1.29, 1.82) is 0 Å². The Morgan fingerprint density at radius 3 is 3.08 bits per heavy atom. The average Bonchev–Trinajstić information content (AvgIpc) is 2.83. The summed E-state index contributed by atoms with van der Waals surface area (Å²) in [6, 6.07) is 0. The van der Waals surface area contributed by atoms with E-state index in [2.05, 4.69) is 10.5 Å². The predicted molar refractivity (Wildman–Crippen MR) is 41.9 cm³/mol. The van der Waals surface area contributed by atoms with E-state index in [9.17, 15) is 4.79 Å². The molecular formula is C8H10N2O2. The van der Waals surface area contributed by atoms with Crippen molar-refractivity contribution in [2.45, 2.75) is 18.8 Å². The number of nitrogens with zero attached hydrogens (tertiary/aromatic N) is 1. The summed E-state index contributed by atoms with van der Waals surface area (Å²) in [5, 5.41) is 6.17. The van der Waals surface area contributed by atoms with Gasteiger partial charge < -0.3 is 9.84 Å². The average molecular weight is 166 g/mol. The summed E-state index contributed by atoms with van der Waals surface area (Å²) in [6.45, 7) is 0. The van der Waals surface area contributed by atoms with Crippen molar-refractivity contribution in [2.75, 3.05) is 7.05 Å². The van der Waals surface area contributed by atoms with Crippen LogP contribution in [0.25, 0.3) is 0 Å². The highest BCUT2D eigenvalue weighted by molar-refractivity contribution is 5.94. The highest BCUT2D eigenvalue weighted by Crippen LogP contribution is 2.41. The number of hydrogen-bond donors (Lipinski definition) is 1. The maximum atomic E-state index is 11.2. The molecule has 0 unspecified atom stereocenters. The fourth-order valence-corrected chi connectivity index (χ4v) is 1.19. The van der Waals surface area contributed by atoms with Crippen molar-refractivity contribution in [1.82, 2.24) is 10.5 Å². The van der Waals surface area contributed by atoms with E-state index in [0.717, 1.165) is 18.6 Å². The second kappa shape index (κ2) is 2.62. The SMILES string of the molecule is CNC(=O)c1cnoc1C1CC1. The Labute approximate surface area is 69.9 Å². The zero-order valence-electron chi connectivity index (χ0n) is 6.83. The van der Waals surface area contributed by atoms with Gasteiger partial charge in [-0.1, -0.05) is 5.16 Å². The molecule has 4 nitrogen and oxygen atoms in total. The minimum atomic E-state index is -0.113. The first-order chi connectivity index (χ1) is 5.83. The van der Waals surface area contributed by atoms with Crippen molar-refractivity contribution in [3.8, 4) is 0 Å². The molecule has 1 aliphatic rings. The maximum Gasteiger partial charge on any atom is 0.256 e. The van der Waals surface area contributed by atoms with Crippen molar-refractivity contribution in [3.05, 3.63) is 17.5 Å². The second-order valence-corrected chi connectivity index (χ2v) is 2.96. The van der Waals surface area contributed by atoms with Crippen LogP contribution in [0.3, 0.4) is 0 Å². The Balaban J connectivity index is 2.29. The second-order valence-electron chi connectivity index (χ2n) is 2.96. The molecule has 0 saturated heterocycles. The molecule has 1 aliphatic carbocycles. The number of carbonyl (C=O) groups is 1. The zero-order chi connectivity index (χ0) is 8.55. The topological polar surface area (TPSA) is 55.1 Å². The number of rotatable bonds is 2. The summed E-state index contributed by atoms with van der Waals surface area (Å²) in [5.41, 5.74) is 0.583. The summed E-state index contributed by atoms with van der Waals surface area (Å²) in [7, 11) is 1.60. The summed E-state index contributed by atoms with van der Waals surface area (Å²) in [4.78, 5) is 11.2. The lowest BCUT2D eigenvalue weighted by Gasteiger charge is -1.95. The normalized spacial score (nSPS) is 16.1. The first-order valence-corrected chi connectivity index (χ1v) is 3.99. The molecule has 1 N–H and O–H groups in total. The van der Waals surface area contributed by atoms with Crippen molar-refractivity contribution >= 4 is 5.91 Å². The number of aromatic nitrogens is 1. The van der Waals surface area contributed by atoms with Gasteiger partial charge >= 0.3 is 0 Å². The fourth-order valence-electron chi connectivity index (χ4n) is 1.19. The number of hydrogen-bond acceptors (Lipinski definition) is 3. The zero-order valence-corrected chi connectivity index (χ0v) is 6.83. The maximum absolute atomic E-state index is 11.2. The van der Waals surface area contributed by atoms with Crippen LogP contribution in [0, 0.1) is 0 Å². The van der Waals surface area contributed by atoms with E-state index < -0.39 is 0 Å². The van der Waals surface area contributed by atoms with Crippen molar-refractivity contribution < 1.29 is 9.32 Å². The van der Waals surface area contributed by atoms with Gasteiger partial charge in [0.05, 0.1) is 6.20 Å². The van der Waals surface area contributed by atoms with E-state index >= 15 is 0 Å². The van der Waals surface area contributed by atoms with Crippen molar-refractivity contribution in [2.24, 2.45) is 0 Å². The standard InChI is InChI=1S/C8H10N2O2/c1-9-8(11)6-4-10-12-7(6)5-2-3-5/h4-5H,2-3H2,1H3,(H,9,11). The predicted octanol–water partition coefficient (Wildman–Crippen LogP) is 0.912. The van der Waals surface area contributed by atoms with E-state index in [0.29, 0.717) is 11.5 Å². The van der Waals surface area contributed by atoms with Gasteiger partial charge in [-0.25, -0.2) is 0 Å². The lowest BCUT2D eigenvalue weighted by molar-refractivity contribution is 0.0961. The van der Waals surface area contributed by atoms with Crippen LogP contribution in [0.15, 0.2) is 10.7 Å². The van der Waals surface area contributed by atoms with Crippen LogP contribution in [0.4, 0.5) is 0 Å². The molecule has 1 fully saturated rings. The van der Waals surface area contributed by atoms with E-state index in [1.54, 1.807) is 7.05 Å². The Hall–Kier alpha value is -1.32. The molecule has 1 aromatic heterocycles. The molecule has 0 bridgehead atoms. The Morgan fingerprint density at radius 1 is 1.75 bits per heavy atom. The summed E-state index contributed by atoms with van der Waals surface area (Å²) in [5.74, 6) is 1.06. The molecule has 12 heavy (non-hydrogen) atoms. The lowest BCUT2D eigenvalue weighted by atomic mass is 10.2. The molecule has 2 rings (SSSR count). The van der Waals surface area contributed by atoms with Gasteiger partial charge in [-0.05, 0) is 12.8 Å². The molecule has 1 heterocycles. The van der Waals surface area contributed by atoms with Gasteiger partial charge in [-0.15, -0.1) is 0 Å². The molecular weight excluding hydrogens is 156 g/mol. The van der Waals surface area contributed by atoms with Crippen LogP contribution < -0.4 is 5.32 Å². The number of amides is 1. The van der Waals surface area contributed by atoms with Gasteiger partial charge in [-0.2, -0.15) is 0 Å². The highest BCUT2D eigenvalue weighted by atomic mass is 16.5. The molecule has 0 aliphatic heterocycles. The summed E-state index contributed by atoms with van der Waals surface area (Å²) < 4.78 is 5.00. The molecule has 1 saturated carbocycles. The van der Waals surface area contributed by atoms with Crippen LogP contribution in [-0.2, 0) is 0 Å². The highest BCUT2D eigenvalue weighted by Gasteiger charge is 2.31. The summed E-state index contributed by atoms with van der Waals surface area (Å²) in [6.07, 6.45) is 3.70. The van der Waals surface area contributed by atoms with Gasteiger partial charge in [0.2, 0.25) is 0 Å². The first-order valence-electron chi connectivity index (χ1n) is 3.99. The Kier molecular flexibility index (Phi) is 1.60. The van der Waals surface area contributed by atoms with Gasteiger partial charge in [-0.3, -0.25) is 4.79 Å². The van der Waals surface area contributed by atoms with Gasteiger partial charge in [0.15, 0.2) is 5.76 Å². The largest absolute Gasteiger partial charge is 0.360 e. The third kappa shape index (κ3) is 1.09. The van der Waals surface area contributed by atoms with E-state index in [4.69, 9.17) is 4.52 Å². The van der Waals surface area contributed by atoms with E-state index in [1.165, 1.54) is 6.20 Å². The van der Waals surface area contributed by atoms with Gasteiger partial charge in [0.1, 0.15) is 5.56 Å². The molecule has 1 aromatic rings. The minimum Gasteiger partial charge on any atom is -0.360 e. The number of nitrogens with one attached hydrogen (secondary N) is 1. The van der Waals surface area contributed by atoms with Crippen LogP contribution in [0.5, 0.6) is 0 Å². The molecule has 0 spiro atoms. The van der Waals surface area contributed by atoms with Crippen molar-refractivity contribution in [3.63, 3.8) is 0 Å². The number of carbonyl (C=O) groups excluding carboxylic acids is 1. The van der Waals surface area contributed by atoms with E-state index in [-0.39, 0.29) is 5.91 Å². The Morgan fingerprint density at radius 2 is 2.50 bits per heavy atom. The van der Waals surface area contributed by atoms with Crippen LogP contribution in [0.2, 0.25) is 0 Å². The molecule has 4 heteroatoms. The summed E-state index contributed by atoms with van der Waals surface area (Å²) >= 11 is 0. The third-order valence-electron chi connectivity index (χ3n) is 2.02. The molecule has 0 radical (unpaired) electrons. The minimum absolute atomic E-state index is 0.113. The third-order valence-corrected chi connectivity index (χ3v) is 2.02. The van der Waals surface area contributed by atoms with Gasteiger partial charge in [0.25, 0.3) is 5.91 Å². The smallest absolute Gasteiger partial charge is 0.256 e. The van der Waals surface area contributed by atoms with Crippen LogP contribution in [0.1, 0.15) is 34.9 Å².